The van der Waals surface area contributed by atoms with Gasteiger partial charge in [0.25, 0.3) is 5.91 Å². The standard InChI is InChI=1S/C23H26ClN5O2S/c1-15-18-12-20(32-23(18)29(26-15)13-16-4-2-3-5-19(16)24)22(31)28-10-8-27(9-11-28)14-21(30)25-17-6-7-17/h2-5,12,17H,6-11,13-14H2,1H3,(H,25,30). The number of carbonyl (C=O) groups is 2. The molecule has 0 unspecified atom stereocenters. The Balaban J connectivity index is 1.25. The van der Waals surface area contributed by atoms with E-state index in [1.165, 1.54) is 11.3 Å². The molecule has 3 aromatic rings. The van der Waals surface area contributed by atoms with Crippen LogP contribution in [0, 0.1) is 6.92 Å². The van der Waals surface area contributed by atoms with Crippen LogP contribution in [0.4, 0.5) is 0 Å². The van der Waals surface area contributed by atoms with Crippen molar-refractivity contribution in [3.63, 3.8) is 0 Å². The lowest BCUT2D eigenvalue weighted by molar-refractivity contribution is -0.122. The number of carbonyl (C=O) groups excluding carboxylic acids is 2. The second kappa shape index (κ2) is 8.84. The molecule has 3 heterocycles. The summed E-state index contributed by atoms with van der Waals surface area (Å²) in [5, 5.41) is 9.42. The maximum absolute atomic E-state index is 13.2. The first-order valence-electron chi connectivity index (χ1n) is 11.0. The average Bonchev–Trinajstić information content (AvgIpc) is 3.39. The molecule has 1 saturated heterocycles. The Morgan fingerprint density at radius 1 is 1.19 bits per heavy atom. The van der Waals surface area contributed by atoms with E-state index in [1.54, 1.807) is 0 Å². The lowest BCUT2D eigenvalue weighted by Crippen LogP contribution is -2.51. The molecular formula is C23H26ClN5O2S. The Morgan fingerprint density at radius 3 is 2.66 bits per heavy atom. The van der Waals surface area contributed by atoms with Gasteiger partial charge in [-0.25, -0.2) is 0 Å². The number of rotatable bonds is 6. The third-order valence-electron chi connectivity index (χ3n) is 6.07. The quantitative estimate of drug-likeness (QED) is 0.599. The second-order valence-electron chi connectivity index (χ2n) is 8.57. The number of aromatic nitrogens is 2. The molecule has 1 N–H and O–H groups in total. The minimum atomic E-state index is 0.0528. The van der Waals surface area contributed by atoms with Crippen LogP contribution >= 0.6 is 22.9 Å². The predicted octanol–water partition coefficient (Wildman–Crippen LogP) is 3.14. The third-order valence-corrected chi connectivity index (χ3v) is 7.57. The van der Waals surface area contributed by atoms with Crippen molar-refractivity contribution in [2.75, 3.05) is 32.7 Å². The number of hydrogen-bond donors (Lipinski definition) is 1. The number of benzene rings is 1. The van der Waals surface area contributed by atoms with Gasteiger partial charge in [0.2, 0.25) is 5.91 Å². The Kier molecular flexibility index (Phi) is 5.92. The smallest absolute Gasteiger partial charge is 0.264 e. The molecule has 0 bridgehead atoms. The van der Waals surface area contributed by atoms with Crippen LogP contribution in [0.5, 0.6) is 0 Å². The van der Waals surface area contributed by atoms with Crippen molar-refractivity contribution < 1.29 is 9.59 Å². The predicted molar refractivity (Wildman–Crippen MR) is 126 cm³/mol. The van der Waals surface area contributed by atoms with Crippen LogP contribution in [0.3, 0.4) is 0 Å². The summed E-state index contributed by atoms with van der Waals surface area (Å²) < 4.78 is 1.93. The van der Waals surface area contributed by atoms with Gasteiger partial charge in [0.15, 0.2) is 0 Å². The van der Waals surface area contributed by atoms with Gasteiger partial charge in [-0.2, -0.15) is 5.10 Å². The molecule has 32 heavy (non-hydrogen) atoms. The SMILES string of the molecule is Cc1nn(Cc2ccccc2Cl)c2sc(C(=O)N3CCN(CC(=O)NC4CC4)CC3)cc12. The molecule has 5 rings (SSSR count). The van der Waals surface area contributed by atoms with Crippen molar-refractivity contribution in [1.82, 2.24) is 24.9 Å². The molecule has 2 aromatic heterocycles. The number of thiophene rings is 1. The zero-order chi connectivity index (χ0) is 22.2. The van der Waals surface area contributed by atoms with Gasteiger partial charge in [-0.3, -0.25) is 19.2 Å². The van der Waals surface area contributed by atoms with E-state index in [1.807, 2.05) is 46.8 Å². The van der Waals surface area contributed by atoms with Gasteiger partial charge in [-0.15, -0.1) is 11.3 Å². The highest BCUT2D eigenvalue weighted by molar-refractivity contribution is 7.20. The number of piperazine rings is 1. The molecule has 0 atom stereocenters. The third kappa shape index (κ3) is 4.53. The van der Waals surface area contributed by atoms with Crippen molar-refractivity contribution >= 4 is 45.0 Å². The molecule has 0 spiro atoms. The summed E-state index contributed by atoms with van der Waals surface area (Å²) in [4.78, 5) is 30.9. The van der Waals surface area contributed by atoms with Crippen molar-refractivity contribution in [3.05, 3.63) is 51.5 Å². The van der Waals surface area contributed by atoms with Crippen LogP contribution in [0.1, 0.15) is 33.8 Å². The molecule has 9 heteroatoms. The van der Waals surface area contributed by atoms with Gasteiger partial charge in [0.1, 0.15) is 4.83 Å². The highest BCUT2D eigenvalue weighted by atomic mass is 35.5. The van der Waals surface area contributed by atoms with Gasteiger partial charge in [-0.05, 0) is 37.5 Å². The van der Waals surface area contributed by atoms with E-state index >= 15 is 0 Å². The molecule has 0 radical (unpaired) electrons. The fourth-order valence-electron chi connectivity index (χ4n) is 4.08. The minimum absolute atomic E-state index is 0.0528. The average molecular weight is 472 g/mol. The summed E-state index contributed by atoms with van der Waals surface area (Å²) in [7, 11) is 0. The van der Waals surface area contributed by atoms with Gasteiger partial charge in [0.05, 0.1) is 23.7 Å². The highest BCUT2D eigenvalue weighted by Gasteiger charge is 2.27. The van der Waals surface area contributed by atoms with Crippen LogP contribution in [-0.4, -0.2) is 70.2 Å². The molecule has 168 valence electrons. The largest absolute Gasteiger partial charge is 0.352 e. The Labute approximate surface area is 195 Å². The number of halogens is 1. The number of amides is 2. The molecule has 2 aliphatic rings. The van der Waals surface area contributed by atoms with Crippen LogP contribution in [-0.2, 0) is 11.3 Å². The molecular weight excluding hydrogens is 446 g/mol. The zero-order valence-corrected chi connectivity index (χ0v) is 19.6. The number of hydrogen-bond acceptors (Lipinski definition) is 5. The highest BCUT2D eigenvalue weighted by Crippen LogP contribution is 2.30. The van der Waals surface area contributed by atoms with Crippen molar-refractivity contribution in [2.24, 2.45) is 0 Å². The summed E-state index contributed by atoms with van der Waals surface area (Å²) in [5.74, 6) is 0.146. The summed E-state index contributed by atoms with van der Waals surface area (Å²) >= 11 is 7.82. The maximum Gasteiger partial charge on any atom is 0.264 e. The first-order valence-corrected chi connectivity index (χ1v) is 12.2. The fourth-order valence-corrected chi connectivity index (χ4v) is 5.41. The van der Waals surface area contributed by atoms with Crippen LogP contribution in [0.15, 0.2) is 30.3 Å². The van der Waals surface area contributed by atoms with E-state index in [4.69, 9.17) is 11.6 Å². The molecule has 1 aliphatic carbocycles. The summed E-state index contributed by atoms with van der Waals surface area (Å²) in [5.41, 5.74) is 1.91. The first-order chi connectivity index (χ1) is 15.5. The Bertz CT molecular complexity index is 1160. The minimum Gasteiger partial charge on any atom is -0.352 e. The first kappa shape index (κ1) is 21.4. The summed E-state index contributed by atoms with van der Waals surface area (Å²) in [6.07, 6.45) is 2.19. The maximum atomic E-state index is 13.2. The normalized spacial score (nSPS) is 17.1. The zero-order valence-electron chi connectivity index (χ0n) is 18.0. The van der Waals surface area contributed by atoms with Gasteiger partial charge in [-0.1, -0.05) is 29.8 Å². The van der Waals surface area contributed by atoms with E-state index in [0.29, 0.717) is 50.3 Å². The lowest BCUT2D eigenvalue weighted by Gasteiger charge is -2.34. The number of nitrogens with one attached hydrogen (secondary N) is 1. The Morgan fingerprint density at radius 2 is 1.94 bits per heavy atom. The van der Waals surface area contributed by atoms with Crippen molar-refractivity contribution in [3.8, 4) is 0 Å². The molecule has 1 saturated carbocycles. The van der Waals surface area contributed by atoms with Gasteiger partial charge >= 0.3 is 0 Å². The van der Waals surface area contributed by atoms with E-state index < -0.39 is 0 Å². The molecule has 2 amide bonds. The molecule has 7 nitrogen and oxygen atoms in total. The van der Waals surface area contributed by atoms with E-state index in [-0.39, 0.29) is 11.8 Å². The van der Waals surface area contributed by atoms with Crippen LogP contribution in [0.2, 0.25) is 5.02 Å². The second-order valence-corrected chi connectivity index (χ2v) is 10.0. The fraction of sp³-hybridized carbons (Fsp3) is 0.435. The molecule has 2 fully saturated rings. The van der Waals surface area contributed by atoms with Crippen molar-refractivity contribution in [1.29, 1.82) is 0 Å². The molecule has 1 aliphatic heterocycles. The van der Waals surface area contributed by atoms with Crippen LogP contribution < -0.4 is 5.32 Å². The topological polar surface area (TPSA) is 70.5 Å². The van der Waals surface area contributed by atoms with E-state index in [2.05, 4.69) is 15.3 Å². The summed E-state index contributed by atoms with van der Waals surface area (Å²) in [6.45, 7) is 5.65. The number of aryl methyl sites for hydroxylation is 1. The van der Waals surface area contributed by atoms with Crippen molar-refractivity contribution in [2.45, 2.75) is 32.4 Å². The van der Waals surface area contributed by atoms with Gasteiger partial charge in [0, 0.05) is 42.6 Å². The molecule has 1 aromatic carbocycles. The van der Waals surface area contributed by atoms with Gasteiger partial charge < -0.3 is 10.2 Å². The monoisotopic (exact) mass is 471 g/mol. The lowest BCUT2D eigenvalue weighted by atomic mass is 10.2. The number of nitrogens with zero attached hydrogens (tertiary/aromatic N) is 4. The van der Waals surface area contributed by atoms with Crippen LogP contribution in [0.25, 0.3) is 10.2 Å². The van der Waals surface area contributed by atoms with E-state index in [0.717, 1.165) is 39.2 Å². The number of fused-ring (bicyclic) bond motifs is 1. The summed E-state index contributed by atoms with van der Waals surface area (Å²) in [6, 6.07) is 10.1. The van der Waals surface area contributed by atoms with E-state index in [9.17, 15) is 9.59 Å². The Hall–Kier alpha value is -2.42.